The Hall–Kier alpha value is -2.62. The van der Waals surface area contributed by atoms with Crippen molar-refractivity contribution in [3.05, 3.63) is 60.2 Å². The first kappa shape index (κ1) is 18.7. The van der Waals surface area contributed by atoms with Crippen LogP contribution in [-0.4, -0.2) is 23.5 Å². The van der Waals surface area contributed by atoms with E-state index in [2.05, 4.69) is 17.4 Å². The lowest BCUT2D eigenvalue weighted by molar-refractivity contribution is -0.119. The average molecular weight is 339 g/mol. The summed E-state index contributed by atoms with van der Waals surface area (Å²) in [6.45, 7) is 6.84. The van der Waals surface area contributed by atoms with E-state index in [4.69, 9.17) is 4.74 Å². The minimum absolute atomic E-state index is 0.0991. The van der Waals surface area contributed by atoms with E-state index in [1.165, 1.54) is 6.92 Å². The number of hydrogen-bond donors (Lipinski definition) is 1. The number of benzene rings is 2. The molecule has 1 amide bonds. The van der Waals surface area contributed by atoms with E-state index in [0.29, 0.717) is 6.42 Å². The maximum absolute atomic E-state index is 11.9. The zero-order valence-electron chi connectivity index (χ0n) is 15.2. The molecule has 2 aromatic carbocycles. The van der Waals surface area contributed by atoms with Crippen LogP contribution in [0.3, 0.4) is 0 Å². The normalized spacial score (nSPS) is 12.3. The molecule has 0 saturated heterocycles. The first-order chi connectivity index (χ1) is 11.7. The molecule has 1 unspecified atom stereocenters. The highest BCUT2D eigenvalue weighted by Gasteiger charge is 2.22. The second kappa shape index (κ2) is 7.97. The summed E-state index contributed by atoms with van der Waals surface area (Å²) in [6.07, 6.45) is -0.141. The van der Waals surface area contributed by atoms with E-state index in [9.17, 15) is 9.59 Å². The summed E-state index contributed by atoms with van der Waals surface area (Å²) in [4.78, 5) is 23.8. The predicted octanol–water partition coefficient (Wildman–Crippen LogP) is 4.38. The highest BCUT2D eigenvalue weighted by Crippen LogP contribution is 2.20. The fourth-order valence-electron chi connectivity index (χ4n) is 2.45. The van der Waals surface area contributed by atoms with E-state index in [1.54, 1.807) is 20.8 Å². The second-order valence-electron chi connectivity index (χ2n) is 7.08. The van der Waals surface area contributed by atoms with E-state index < -0.39 is 17.7 Å². The average Bonchev–Trinajstić information content (AvgIpc) is 2.54. The van der Waals surface area contributed by atoms with Gasteiger partial charge in [0.25, 0.3) is 0 Å². The summed E-state index contributed by atoms with van der Waals surface area (Å²) in [5, 5.41) is 2.66. The van der Waals surface area contributed by atoms with Crippen molar-refractivity contribution < 1.29 is 14.3 Å². The monoisotopic (exact) mass is 339 g/mol. The zero-order chi connectivity index (χ0) is 18.4. The molecule has 0 heterocycles. The number of alkyl carbamates (subject to hydrolysis) is 1. The van der Waals surface area contributed by atoms with Gasteiger partial charge in [-0.3, -0.25) is 4.79 Å². The molecule has 4 nitrogen and oxygen atoms in total. The van der Waals surface area contributed by atoms with E-state index in [0.717, 1.165) is 16.7 Å². The quantitative estimate of drug-likeness (QED) is 0.879. The molecule has 1 atom stereocenters. The Morgan fingerprint density at radius 2 is 1.52 bits per heavy atom. The van der Waals surface area contributed by atoms with Gasteiger partial charge in [0.15, 0.2) is 5.78 Å². The van der Waals surface area contributed by atoms with Crippen LogP contribution in [0.2, 0.25) is 0 Å². The Morgan fingerprint density at radius 3 is 2.04 bits per heavy atom. The van der Waals surface area contributed by atoms with Gasteiger partial charge in [-0.15, -0.1) is 0 Å². The molecule has 132 valence electrons. The summed E-state index contributed by atoms with van der Waals surface area (Å²) in [7, 11) is 0. The summed E-state index contributed by atoms with van der Waals surface area (Å²) < 4.78 is 5.23. The lowest BCUT2D eigenvalue weighted by Gasteiger charge is -2.22. The lowest BCUT2D eigenvalue weighted by Crippen LogP contribution is -2.43. The number of rotatable bonds is 5. The minimum Gasteiger partial charge on any atom is -0.444 e. The molecular formula is C21H25NO3. The molecule has 2 rings (SSSR count). The van der Waals surface area contributed by atoms with Crippen molar-refractivity contribution >= 4 is 11.9 Å². The van der Waals surface area contributed by atoms with Crippen molar-refractivity contribution in [2.24, 2.45) is 0 Å². The molecule has 0 saturated carbocycles. The number of carbonyl (C=O) groups excluding carboxylic acids is 2. The molecule has 0 radical (unpaired) electrons. The van der Waals surface area contributed by atoms with Gasteiger partial charge in [0.1, 0.15) is 5.60 Å². The fourth-order valence-corrected chi connectivity index (χ4v) is 2.45. The number of ketones is 1. The molecule has 0 aliphatic carbocycles. The number of nitrogens with one attached hydrogen (secondary N) is 1. The van der Waals surface area contributed by atoms with Gasteiger partial charge in [-0.2, -0.15) is 0 Å². The number of hydrogen-bond acceptors (Lipinski definition) is 3. The lowest BCUT2D eigenvalue weighted by atomic mass is 9.99. The maximum atomic E-state index is 11.9. The summed E-state index contributed by atoms with van der Waals surface area (Å²) in [6, 6.07) is 17.5. The largest absolute Gasteiger partial charge is 0.444 e. The molecule has 25 heavy (non-hydrogen) atoms. The predicted molar refractivity (Wildman–Crippen MR) is 99.4 cm³/mol. The van der Waals surface area contributed by atoms with Crippen LogP contribution >= 0.6 is 0 Å². The fraction of sp³-hybridized carbons (Fsp3) is 0.333. The third-order valence-corrected chi connectivity index (χ3v) is 3.68. The van der Waals surface area contributed by atoms with Crippen LogP contribution in [0.1, 0.15) is 33.3 Å². The summed E-state index contributed by atoms with van der Waals surface area (Å²) in [5.41, 5.74) is 2.65. The van der Waals surface area contributed by atoms with Gasteiger partial charge in [-0.1, -0.05) is 54.6 Å². The van der Waals surface area contributed by atoms with Crippen LogP contribution in [0.25, 0.3) is 11.1 Å². The zero-order valence-corrected chi connectivity index (χ0v) is 15.2. The van der Waals surface area contributed by atoms with Gasteiger partial charge >= 0.3 is 6.09 Å². The van der Waals surface area contributed by atoms with Gasteiger partial charge in [0.05, 0.1) is 6.04 Å². The summed E-state index contributed by atoms with van der Waals surface area (Å²) >= 11 is 0. The smallest absolute Gasteiger partial charge is 0.408 e. The minimum atomic E-state index is -0.600. The first-order valence-corrected chi connectivity index (χ1v) is 8.39. The number of ether oxygens (including phenoxy) is 1. The van der Waals surface area contributed by atoms with Crippen molar-refractivity contribution in [2.75, 3.05) is 0 Å². The van der Waals surface area contributed by atoms with Crippen molar-refractivity contribution in [2.45, 2.75) is 45.8 Å². The molecule has 1 N–H and O–H groups in total. The van der Waals surface area contributed by atoms with Crippen molar-refractivity contribution in [3.8, 4) is 11.1 Å². The molecular weight excluding hydrogens is 314 g/mol. The standard InChI is InChI=1S/C21H25NO3/c1-15(23)19(22-20(24)25-21(2,3)4)14-16-10-12-18(13-11-16)17-8-6-5-7-9-17/h5-13,19H,14H2,1-4H3,(H,22,24). The molecule has 0 bridgehead atoms. The molecule has 0 aliphatic heterocycles. The van der Waals surface area contributed by atoms with Crippen LogP contribution in [0.4, 0.5) is 4.79 Å². The Bertz CT molecular complexity index is 715. The molecule has 0 spiro atoms. The van der Waals surface area contributed by atoms with E-state index in [-0.39, 0.29) is 5.78 Å². The molecule has 0 aromatic heterocycles. The number of carbonyl (C=O) groups is 2. The van der Waals surface area contributed by atoms with Gasteiger partial charge in [-0.25, -0.2) is 4.79 Å². The Balaban J connectivity index is 2.04. The van der Waals surface area contributed by atoms with Crippen LogP contribution in [-0.2, 0) is 16.0 Å². The SMILES string of the molecule is CC(=O)C(Cc1ccc(-c2ccccc2)cc1)NC(=O)OC(C)(C)C. The van der Waals surface area contributed by atoms with Gasteiger partial charge in [0, 0.05) is 0 Å². The highest BCUT2D eigenvalue weighted by atomic mass is 16.6. The van der Waals surface area contributed by atoms with Crippen LogP contribution in [0.15, 0.2) is 54.6 Å². The van der Waals surface area contributed by atoms with Gasteiger partial charge < -0.3 is 10.1 Å². The molecule has 0 fully saturated rings. The van der Waals surface area contributed by atoms with Crippen molar-refractivity contribution in [1.29, 1.82) is 0 Å². The Labute approximate surface area is 149 Å². The second-order valence-corrected chi connectivity index (χ2v) is 7.08. The van der Waals surface area contributed by atoms with Gasteiger partial charge in [-0.05, 0) is 50.8 Å². The highest BCUT2D eigenvalue weighted by molar-refractivity contribution is 5.85. The maximum Gasteiger partial charge on any atom is 0.408 e. The Kier molecular flexibility index (Phi) is 5.97. The number of Topliss-reactive ketones (excluding diaryl/α,β-unsaturated/α-hetero) is 1. The molecule has 0 aliphatic rings. The molecule has 2 aromatic rings. The Morgan fingerprint density at radius 1 is 0.960 bits per heavy atom. The van der Waals surface area contributed by atoms with Crippen LogP contribution in [0.5, 0.6) is 0 Å². The summed E-state index contributed by atoms with van der Waals surface area (Å²) in [5.74, 6) is -0.0991. The molecule has 4 heteroatoms. The van der Waals surface area contributed by atoms with Crippen molar-refractivity contribution in [3.63, 3.8) is 0 Å². The van der Waals surface area contributed by atoms with E-state index in [1.807, 2.05) is 42.5 Å². The number of amides is 1. The first-order valence-electron chi connectivity index (χ1n) is 8.39. The third-order valence-electron chi connectivity index (χ3n) is 3.68. The van der Waals surface area contributed by atoms with Crippen molar-refractivity contribution in [1.82, 2.24) is 5.32 Å². The van der Waals surface area contributed by atoms with E-state index >= 15 is 0 Å². The third kappa shape index (κ3) is 6.07. The topological polar surface area (TPSA) is 55.4 Å². The van der Waals surface area contributed by atoms with Gasteiger partial charge in [0.2, 0.25) is 0 Å². The van der Waals surface area contributed by atoms with Crippen LogP contribution < -0.4 is 5.32 Å². The van der Waals surface area contributed by atoms with Crippen LogP contribution in [0, 0.1) is 0 Å².